The van der Waals surface area contributed by atoms with Gasteiger partial charge in [0.2, 0.25) is 0 Å². The molecule has 0 saturated carbocycles. The van der Waals surface area contributed by atoms with Gasteiger partial charge in [-0.15, -0.1) is 0 Å². The topological polar surface area (TPSA) is 69.6 Å². The minimum absolute atomic E-state index is 0.540. The maximum absolute atomic E-state index is 6.10. The lowest BCUT2D eigenvalue weighted by molar-refractivity contribution is 0.796. The molecule has 0 atom stereocenters. The van der Waals surface area contributed by atoms with Gasteiger partial charge in [-0.25, -0.2) is 14.6 Å². The van der Waals surface area contributed by atoms with E-state index in [1.807, 2.05) is 45.0 Å². The van der Waals surface area contributed by atoms with Crippen LogP contribution >= 0.6 is 0 Å². The van der Waals surface area contributed by atoms with Crippen LogP contribution in [0, 0.1) is 20.8 Å². The van der Waals surface area contributed by atoms with E-state index in [1.54, 1.807) is 10.9 Å². The Morgan fingerprint density at radius 2 is 1.71 bits per heavy atom. The van der Waals surface area contributed by atoms with Gasteiger partial charge in [0.1, 0.15) is 5.69 Å². The second-order valence-corrected chi connectivity index (χ2v) is 5.20. The quantitative estimate of drug-likeness (QED) is 0.783. The van der Waals surface area contributed by atoms with E-state index in [1.165, 1.54) is 5.56 Å². The van der Waals surface area contributed by atoms with Crippen molar-refractivity contribution in [2.24, 2.45) is 0 Å². The molecule has 0 aliphatic rings. The highest BCUT2D eigenvalue weighted by molar-refractivity contribution is 5.72. The van der Waals surface area contributed by atoms with E-state index in [-0.39, 0.29) is 0 Å². The molecule has 2 aromatic heterocycles. The summed E-state index contributed by atoms with van der Waals surface area (Å²) >= 11 is 0. The van der Waals surface area contributed by atoms with Crippen LogP contribution in [0.2, 0.25) is 0 Å². The van der Waals surface area contributed by atoms with E-state index in [0.29, 0.717) is 11.6 Å². The van der Waals surface area contributed by atoms with Crippen LogP contribution in [-0.2, 0) is 0 Å². The third-order valence-electron chi connectivity index (χ3n) is 3.21. The largest absolute Gasteiger partial charge is 0.396 e. The second kappa shape index (κ2) is 5.01. The van der Waals surface area contributed by atoms with Gasteiger partial charge >= 0.3 is 0 Å². The van der Waals surface area contributed by atoms with E-state index < -0.39 is 0 Å². The predicted octanol–water partition coefficient (Wildman–Crippen LogP) is 2.84. The summed E-state index contributed by atoms with van der Waals surface area (Å²) in [7, 11) is 0. The van der Waals surface area contributed by atoms with E-state index in [9.17, 15) is 0 Å². The molecule has 3 rings (SSSR count). The fourth-order valence-corrected chi connectivity index (χ4v) is 2.32. The van der Waals surface area contributed by atoms with Crippen LogP contribution in [0.3, 0.4) is 0 Å². The first-order valence-corrected chi connectivity index (χ1v) is 6.78. The molecule has 0 bridgehead atoms. The average molecular weight is 279 g/mol. The standard InChI is InChI=1S/C16H17N5/c1-10-5-4-6-13(7-10)15-14(17)9-21(20-15)16-18-11(2)8-12(3)19-16/h4-9H,17H2,1-3H3. The third kappa shape index (κ3) is 2.63. The minimum atomic E-state index is 0.540. The highest BCUT2D eigenvalue weighted by Crippen LogP contribution is 2.25. The molecule has 0 aliphatic heterocycles. The fourth-order valence-electron chi connectivity index (χ4n) is 2.32. The normalized spacial score (nSPS) is 10.8. The molecule has 1 aromatic carbocycles. The first-order valence-electron chi connectivity index (χ1n) is 6.78. The SMILES string of the molecule is Cc1cccc(-c2nn(-c3nc(C)cc(C)n3)cc2N)c1. The summed E-state index contributed by atoms with van der Waals surface area (Å²) in [4.78, 5) is 8.81. The molecule has 3 aromatic rings. The summed E-state index contributed by atoms with van der Waals surface area (Å²) in [6, 6.07) is 10.0. The third-order valence-corrected chi connectivity index (χ3v) is 3.21. The van der Waals surface area contributed by atoms with Crippen LogP contribution in [-0.4, -0.2) is 19.7 Å². The number of aromatic nitrogens is 4. The van der Waals surface area contributed by atoms with Gasteiger partial charge in [0.05, 0.1) is 11.9 Å². The summed E-state index contributed by atoms with van der Waals surface area (Å²) in [6.45, 7) is 5.92. The van der Waals surface area contributed by atoms with Gasteiger partial charge in [-0.3, -0.25) is 0 Å². The lowest BCUT2D eigenvalue weighted by Gasteiger charge is -2.02. The zero-order valence-corrected chi connectivity index (χ0v) is 12.3. The van der Waals surface area contributed by atoms with Crippen LogP contribution in [0.15, 0.2) is 36.5 Å². The Morgan fingerprint density at radius 1 is 1.00 bits per heavy atom. The lowest BCUT2D eigenvalue weighted by Crippen LogP contribution is -2.04. The lowest BCUT2D eigenvalue weighted by atomic mass is 10.1. The van der Waals surface area contributed by atoms with Crippen molar-refractivity contribution < 1.29 is 0 Å². The Balaban J connectivity index is 2.09. The Kier molecular flexibility index (Phi) is 3.17. The number of nitrogens with two attached hydrogens (primary N) is 1. The van der Waals surface area contributed by atoms with Crippen molar-refractivity contribution in [1.82, 2.24) is 19.7 Å². The molecule has 0 unspecified atom stereocenters. The van der Waals surface area contributed by atoms with Crippen LogP contribution in [0.4, 0.5) is 5.69 Å². The molecular formula is C16H17N5. The average Bonchev–Trinajstić information content (AvgIpc) is 2.80. The summed E-state index contributed by atoms with van der Waals surface area (Å²) in [5.74, 6) is 0.540. The number of hydrogen-bond donors (Lipinski definition) is 1. The van der Waals surface area contributed by atoms with Crippen molar-refractivity contribution in [2.45, 2.75) is 20.8 Å². The molecule has 0 aliphatic carbocycles. The summed E-state index contributed by atoms with van der Waals surface area (Å²) in [6.07, 6.45) is 1.76. The molecule has 2 N–H and O–H groups in total. The van der Waals surface area contributed by atoms with Crippen molar-refractivity contribution in [3.05, 3.63) is 53.5 Å². The molecule has 0 saturated heterocycles. The maximum Gasteiger partial charge on any atom is 0.251 e. The van der Waals surface area contributed by atoms with Crippen molar-refractivity contribution in [3.63, 3.8) is 0 Å². The van der Waals surface area contributed by atoms with Crippen molar-refractivity contribution in [3.8, 4) is 17.2 Å². The number of benzene rings is 1. The first-order chi connectivity index (χ1) is 10.0. The maximum atomic E-state index is 6.10. The molecule has 0 amide bonds. The summed E-state index contributed by atoms with van der Waals surface area (Å²) in [5.41, 5.74) is 11.4. The number of hydrogen-bond acceptors (Lipinski definition) is 4. The second-order valence-electron chi connectivity index (χ2n) is 5.20. The van der Waals surface area contributed by atoms with Gasteiger partial charge in [-0.05, 0) is 32.9 Å². The van der Waals surface area contributed by atoms with Crippen LogP contribution < -0.4 is 5.73 Å². The molecule has 0 fully saturated rings. The van der Waals surface area contributed by atoms with E-state index in [4.69, 9.17) is 5.73 Å². The van der Waals surface area contributed by atoms with Gasteiger partial charge < -0.3 is 5.73 Å². The number of rotatable bonds is 2. The fraction of sp³-hybridized carbons (Fsp3) is 0.188. The van der Waals surface area contributed by atoms with Crippen LogP contribution in [0.1, 0.15) is 17.0 Å². The Hall–Kier alpha value is -2.69. The van der Waals surface area contributed by atoms with Gasteiger partial charge in [-0.1, -0.05) is 23.8 Å². The number of nitrogens with zero attached hydrogens (tertiary/aromatic N) is 4. The van der Waals surface area contributed by atoms with E-state index in [2.05, 4.69) is 21.1 Å². The summed E-state index contributed by atoms with van der Waals surface area (Å²) in [5, 5.41) is 4.54. The van der Waals surface area contributed by atoms with Crippen LogP contribution in [0.25, 0.3) is 17.2 Å². The van der Waals surface area contributed by atoms with Gasteiger partial charge in [-0.2, -0.15) is 5.10 Å². The number of aryl methyl sites for hydroxylation is 3. The highest BCUT2D eigenvalue weighted by Gasteiger charge is 2.11. The van der Waals surface area contributed by atoms with E-state index in [0.717, 1.165) is 22.6 Å². The van der Waals surface area contributed by atoms with Crippen LogP contribution in [0.5, 0.6) is 0 Å². The van der Waals surface area contributed by atoms with Gasteiger partial charge in [0, 0.05) is 17.0 Å². The molecule has 2 heterocycles. The molecule has 21 heavy (non-hydrogen) atoms. The zero-order valence-electron chi connectivity index (χ0n) is 12.3. The zero-order chi connectivity index (χ0) is 15.0. The number of nitrogen functional groups attached to an aromatic ring is 1. The minimum Gasteiger partial charge on any atom is -0.396 e. The molecule has 0 radical (unpaired) electrons. The van der Waals surface area contributed by atoms with Gasteiger partial charge in [0.15, 0.2) is 0 Å². The smallest absolute Gasteiger partial charge is 0.251 e. The predicted molar refractivity (Wildman–Crippen MR) is 83.2 cm³/mol. The molecular weight excluding hydrogens is 262 g/mol. The van der Waals surface area contributed by atoms with Crippen molar-refractivity contribution >= 4 is 5.69 Å². The molecule has 0 spiro atoms. The number of anilines is 1. The Bertz CT molecular complexity index is 784. The Labute approximate surface area is 123 Å². The highest BCUT2D eigenvalue weighted by atomic mass is 15.3. The van der Waals surface area contributed by atoms with Gasteiger partial charge in [0.25, 0.3) is 5.95 Å². The molecule has 5 nitrogen and oxygen atoms in total. The first kappa shape index (κ1) is 13.3. The molecule has 5 heteroatoms. The monoisotopic (exact) mass is 279 g/mol. The molecule has 106 valence electrons. The van der Waals surface area contributed by atoms with Crippen molar-refractivity contribution in [1.29, 1.82) is 0 Å². The van der Waals surface area contributed by atoms with Crippen molar-refractivity contribution in [2.75, 3.05) is 5.73 Å². The summed E-state index contributed by atoms with van der Waals surface area (Å²) < 4.78 is 1.63. The Morgan fingerprint density at radius 3 is 2.38 bits per heavy atom. The van der Waals surface area contributed by atoms with E-state index >= 15 is 0 Å².